The van der Waals surface area contributed by atoms with Gasteiger partial charge in [-0.05, 0) is 48.1 Å². The van der Waals surface area contributed by atoms with Crippen LogP contribution in [0.4, 0.5) is 5.69 Å². The molecule has 2 aromatic carbocycles. The van der Waals surface area contributed by atoms with Gasteiger partial charge in [0.05, 0.1) is 12.3 Å². The van der Waals surface area contributed by atoms with Crippen LogP contribution in [0, 0.1) is 20.3 Å². The van der Waals surface area contributed by atoms with Crippen LogP contribution in [0.5, 0.6) is 0 Å². The number of hydrogen-bond acceptors (Lipinski definition) is 1. The van der Waals surface area contributed by atoms with Crippen molar-refractivity contribution in [3.63, 3.8) is 0 Å². The van der Waals surface area contributed by atoms with Crippen molar-refractivity contribution in [1.82, 2.24) is 4.98 Å². The second kappa shape index (κ2) is 5.83. The molecule has 2 heteroatoms. The molecule has 106 valence electrons. The lowest BCUT2D eigenvalue weighted by atomic mass is 9.96. The van der Waals surface area contributed by atoms with Gasteiger partial charge in [-0.1, -0.05) is 42.5 Å². The summed E-state index contributed by atoms with van der Waals surface area (Å²) in [7, 11) is 0. The highest BCUT2D eigenvalue weighted by atomic mass is 14.7. The summed E-state index contributed by atoms with van der Waals surface area (Å²) < 4.78 is 45.8. The first kappa shape index (κ1) is 8.51. The van der Waals surface area contributed by atoms with E-state index in [1.165, 1.54) is 12.3 Å². The Kier molecular flexibility index (Phi) is 2.25. The van der Waals surface area contributed by atoms with Crippen LogP contribution in [0.1, 0.15) is 19.4 Å². The lowest BCUT2D eigenvalue weighted by molar-refractivity contribution is 1.27. The van der Waals surface area contributed by atoms with Crippen molar-refractivity contribution in [2.24, 2.45) is 0 Å². The van der Waals surface area contributed by atoms with Crippen LogP contribution in [0.25, 0.3) is 27.2 Å². The molecular weight excluding hydrogens is 268 g/mol. The molecule has 0 N–H and O–H groups in total. The maximum atomic E-state index is 7.82. The molecule has 1 aromatic heterocycles. The van der Waals surface area contributed by atoms with Gasteiger partial charge in [0.25, 0.3) is 0 Å². The zero-order valence-electron chi connectivity index (χ0n) is 17.7. The Morgan fingerprint density at radius 2 is 1.77 bits per heavy atom. The van der Waals surface area contributed by atoms with Crippen molar-refractivity contribution in [1.29, 1.82) is 0 Å². The monoisotopic (exact) mass is 290 g/mol. The molecule has 0 atom stereocenters. The van der Waals surface area contributed by atoms with Crippen LogP contribution in [-0.2, 0) is 0 Å². The average Bonchev–Trinajstić information content (AvgIpc) is 2.66. The van der Waals surface area contributed by atoms with Crippen molar-refractivity contribution >= 4 is 5.69 Å². The second-order valence-corrected chi connectivity index (χ2v) is 4.85. The first-order valence-corrected chi connectivity index (χ1v) is 6.69. The summed E-state index contributed by atoms with van der Waals surface area (Å²) in [4.78, 5) is 7.58. The molecule has 0 bridgehead atoms. The minimum absolute atomic E-state index is 0.144. The Hall–Kier alpha value is -2.92. The molecule has 3 aromatic rings. The van der Waals surface area contributed by atoms with Gasteiger partial charge in [-0.25, -0.2) is 4.85 Å². The number of aryl methyl sites for hydroxylation is 2. The SMILES string of the molecule is [2H]C([2H])([2H])c1ccc(-c2ccc(C([2H])([2H])[2H])c(-c3ccc([N+]#[C-])cc3)c2)nc1. The summed E-state index contributed by atoms with van der Waals surface area (Å²) in [5.41, 5.74) is 3.24. The van der Waals surface area contributed by atoms with E-state index in [4.69, 9.17) is 14.8 Å². The van der Waals surface area contributed by atoms with E-state index in [1.54, 1.807) is 48.5 Å². The minimum atomic E-state index is -2.30. The first-order valence-electron chi connectivity index (χ1n) is 9.69. The summed E-state index contributed by atoms with van der Waals surface area (Å²) >= 11 is 0. The zero-order valence-corrected chi connectivity index (χ0v) is 11.7. The molecule has 0 aliphatic rings. The van der Waals surface area contributed by atoms with E-state index >= 15 is 0 Å². The largest absolute Gasteiger partial charge is 0.256 e. The molecular formula is C20H16N2. The van der Waals surface area contributed by atoms with E-state index in [0.717, 1.165) is 0 Å². The van der Waals surface area contributed by atoms with Gasteiger partial charge in [0.2, 0.25) is 0 Å². The number of pyridine rings is 1. The van der Waals surface area contributed by atoms with Crippen LogP contribution in [0.2, 0.25) is 0 Å². The number of aromatic nitrogens is 1. The molecule has 2 nitrogen and oxygen atoms in total. The maximum Gasteiger partial charge on any atom is 0.187 e. The summed E-state index contributed by atoms with van der Waals surface area (Å²) in [6.45, 7) is 2.52. The molecule has 0 aliphatic carbocycles. The average molecular weight is 290 g/mol. The lowest BCUT2D eigenvalue weighted by Crippen LogP contribution is -1.88. The minimum Gasteiger partial charge on any atom is -0.256 e. The number of hydrogen-bond donors (Lipinski definition) is 0. The van der Waals surface area contributed by atoms with E-state index in [1.807, 2.05) is 0 Å². The summed E-state index contributed by atoms with van der Waals surface area (Å²) in [6, 6.07) is 14.7. The van der Waals surface area contributed by atoms with Gasteiger partial charge in [0, 0.05) is 20.0 Å². The quantitative estimate of drug-likeness (QED) is 0.563. The van der Waals surface area contributed by atoms with Crippen LogP contribution in [0.15, 0.2) is 60.8 Å². The van der Waals surface area contributed by atoms with E-state index in [-0.39, 0.29) is 11.1 Å². The fraction of sp³-hybridized carbons (Fsp3) is 0.100. The predicted octanol–water partition coefficient (Wildman–Crippen LogP) is 5.58. The molecule has 0 unspecified atom stereocenters. The second-order valence-electron chi connectivity index (χ2n) is 4.85. The highest BCUT2D eigenvalue weighted by molar-refractivity contribution is 5.75. The number of benzene rings is 2. The highest BCUT2D eigenvalue weighted by Crippen LogP contribution is 2.29. The van der Waals surface area contributed by atoms with Crippen LogP contribution >= 0.6 is 0 Å². The standard InChI is InChI=1S/C20H16N2/c1-14-4-11-20(22-13-14)17-6-5-15(2)19(12-17)16-7-9-18(21-3)10-8-16/h4-13H,1-2H3/i1D3,2D3. The normalized spacial score (nSPS) is 15.4. The van der Waals surface area contributed by atoms with Crippen molar-refractivity contribution < 1.29 is 8.22 Å². The first-order chi connectivity index (χ1) is 13.1. The Morgan fingerprint density at radius 3 is 2.41 bits per heavy atom. The van der Waals surface area contributed by atoms with Crippen LogP contribution < -0.4 is 0 Å². The van der Waals surface area contributed by atoms with Gasteiger partial charge in [0.15, 0.2) is 5.69 Å². The Bertz CT molecular complexity index is 1030. The predicted molar refractivity (Wildman–Crippen MR) is 90.8 cm³/mol. The highest BCUT2D eigenvalue weighted by Gasteiger charge is 2.06. The summed E-state index contributed by atoms with van der Waals surface area (Å²) in [6.07, 6.45) is 1.31. The van der Waals surface area contributed by atoms with E-state index in [0.29, 0.717) is 28.1 Å². The molecule has 0 saturated carbocycles. The van der Waals surface area contributed by atoms with Gasteiger partial charge in [-0.3, -0.25) is 4.98 Å². The maximum absolute atomic E-state index is 7.82. The molecule has 0 spiro atoms. The lowest BCUT2D eigenvalue weighted by Gasteiger charge is -2.09. The van der Waals surface area contributed by atoms with Gasteiger partial charge in [-0.15, -0.1) is 0 Å². The van der Waals surface area contributed by atoms with Gasteiger partial charge in [-0.2, -0.15) is 0 Å². The molecule has 3 rings (SSSR count). The fourth-order valence-corrected chi connectivity index (χ4v) is 2.22. The molecule has 0 amide bonds. The summed E-state index contributed by atoms with van der Waals surface area (Å²) in [5.74, 6) is 0. The van der Waals surface area contributed by atoms with Crippen molar-refractivity contribution in [3.05, 3.63) is 83.3 Å². The Labute approximate surface area is 139 Å². The molecule has 0 radical (unpaired) electrons. The number of nitrogens with zero attached hydrogens (tertiary/aromatic N) is 2. The van der Waals surface area contributed by atoms with E-state index in [9.17, 15) is 0 Å². The van der Waals surface area contributed by atoms with Crippen LogP contribution in [-0.4, -0.2) is 4.98 Å². The van der Waals surface area contributed by atoms with Crippen molar-refractivity contribution in [3.8, 4) is 22.4 Å². The smallest absolute Gasteiger partial charge is 0.187 e. The third-order valence-electron chi connectivity index (χ3n) is 3.39. The summed E-state index contributed by atoms with van der Waals surface area (Å²) in [5, 5.41) is 0. The van der Waals surface area contributed by atoms with Crippen molar-refractivity contribution in [2.45, 2.75) is 13.7 Å². The van der Waals surface area contributed by atoms with Crippen LogP contribution in [0.3, 0.4) is 0 Å². The Morgan fingerprint density at radius 1 is 0.955 bits per heavy atom. The van der Waals surface area contributed by atoms with Gasteiger partial charge >= 0.3 is 0 Å². The fourth-order valence-electron chi connectivity index (χ4n) is 2.22. The molecule has 0 saturated heterocycles. The van der Waals surface area contributed by atoms with E-state index < -0.39 is 13.7 Å². The van der Waals surface area contributed by atoms with Crippen molar-refractivity contribution in [2.75, 3.05) is 0 Å². The molecule has 0 aliphatic heterocycles. The van der Waals surface area contributed by atoms with Gasteiger partial charge in [0.1, 0.15) is 0 Å². The third kappa shape index (κ3) is 2.75. The topological polar surface area (TPSA) is 17.2 Å². The van der Waals surface area contributed by atoms with Gasteiger partial charge < -0.3 is 0 Å². The van der Waals surface area contributed by atoms with E-state index in [2.05, 4.69) is 9.83 Å². The number of rotatable bonds is 2. The molecule has 0 fully saturated rings. The molecule has 22 heavy (non-hydrogen) atoms. The Balaban J connectivity index is 2.11. The third-order valence-corrected chi connectivity index (χ3v) is 3.39. The zero-order chi connectivity index (χ0) is 20.5. The molecule has 1 heterocycles.